The molecule has 1 atom stereocenters. The van der Waals surface area contributed by atoms with Gasteiger partial charge >= 0.3 is 6.09 Å². The molecule has 1 aliphatic carbocycles. The smallest absolute Gasteiger partial charge is 0.407 e. The summed E-state index contributed by atoms with van der Waals surface area (Å²) in [6, 6.07) is 0.424. The van der Waals surface area contributed by atoms with Crippen molar-refractivity contribution in [2.75, 3.05) is 6.54 Å². The van der Waals surface area contributed by atoms with Gasteiger partial charge in [-0.1, -0.05) is 20.8 Å². The van der Waals surface area contributed by atoms with E-state index in [1.807, 2.05) is 0 Å². The second kappa shape index (κ2) is 2.88. The topological polar surface area (TPSA) is 66.6 Å². The van der Waals surface area contributed by atoms with Crippen molar-refractivity contribution in [1.29, 1.82) is 0 Å². The highest BCUT2D eigenvalue weighted by molar-refractivity contribution is 5.67. The first-order valence-corrected chi connectivity index (χ1v) is 5.51. The molecule has 0 aromatic rings. The molecule has 1 spiro atoms. The van der Waals surface area contributed by atoms with Crippen molar-refractivity contribution in [3.63, 3.8) is 0 Å². The maximum Gasteiger partial charge on any atom is 0.407 e. The van der Waals surface area contributed by atoms with Crippen molar-refractivity contribution in [2.24, 2.45) is 16.6 Å². The number of carboxylic acid groups (broad SMARTS) is 1. The van der Waals surface area contributed by atoms with E-state index in [0.29, 0.717) is 6.54 Å². The lowest BCUT2D eigenvalue weighted by molar-refractivity contribution is -0.156. The average molecular weight is 212 g/mol. The van der Waals surface area contributed by atoms with Crippen LogP contribution >= 0.6 is 0 Å². The zero-order valence-corrected chi connectivity index (χ0v) is 9.66. The molecular weight excluding hydrogens is 192 g/mol. The Hall–Kier alpha value is -0.770. The normalized spacial score (nSPS) is 39.9. The van der Waals surface area contributed by atoms with E-state index in [9.17, 15) is 4.79 Å². The number of amides is 1. The van der Waals surface area contributed by atoms with Crippen molar-refractivity contribution >= 4 is 6.09 Å². The van der Waals surface area contributed by atoms with Crippen molar-refractivity contribution in [1.82, 2.24) is 4.90 Å². The van der Waals surface area contributed by atoms with Gasteiger partial charge in [0.25, 0.3) is 0 Å². The maximum atomic E-state index is 11.0. The lowest BCUT2D eigenvalue weighted by Crippen LogP contribution is -2.75. The molecule has 1 amide bonds. The standard InChI is InChI=1S/C11H20N2O2/c1-10(2,3)8-11(4-7(12)5-11)6-13(8)9(14)15/h7-8H,4-6,12H2,1-3H3,(H,14,15). The van der Waals surface area contributed by atoms with Crippen molar-refractivity contribution in [3.8, 4) is 0 Å². The van der Waals surface area contributed by atoms with Gasteiger partial charge in [-0.25, -0.2) is 4.79 Å². The Bertz CT molecular complexity index is 289. The zero-order valence-electron chi connectivity index (χ0n) is 9.66. The van der Waals surface area contributed by atoms with E-state index in [4.69, 9.17) is 10.8 Å². The molecule has 1 unspecified atom stereocenters. The fourth-order valence-corrected chi connectivity index (χ4v) is 3.64. The fourth-order valence-electron chi connectivity index (χ4n) is 3.64. The molecule has 0 bridgehead atoms. The number of nitrogens with two attached hydrogens (primary N) is 1. The molecule has 86 valence electrons. The Kier molecular flexibility index (Phi) is 2.06. The van der Waals surface area contributed by atoms with Crippen LogP contribution in [0.1, 0.15) is 33.6 Å². The molecule has 4 nitrogen and oxygen atoms in total. The Morgan fingerprint density at radius 2 is 2.00 bits per heavy atom. The van der Waals surface area contributed by atoms with E-state index < -0.39 is 6.09 Å². The van der Waals surface area contributed by atoms with Gasteiger partial charge < -0.3 is 15.7 Å². The van der Waals surface area contributed by atoms with Crippen LogP contribution < -0.4 is 5.73 Å². The summed E-state index contributed by atoms with van der Waals surface area (Å²) in [5.74, 6) is 0. The largest absolute Gasteiger partial charge is 0.465 e. The zero-order chi connectivity index (χ0) is 11.4. The fraction of sp³-hybridized carbons (Fsp3) is 0.909. The monoisotopic (exact) mass is 212 g/mol. The summed E-state index contributed by atoms with van der Waals surface area (Å²) in [7, 11) is 0. The minimum Gasteiger partial charge on any atom is -0.465 e. The first kappa shape index (κ1) is 10.7. The molecule has 4 heteroatoms. The van der Waals surface area contributed by atoms with Crippen LogP contribution in [0.15, 0.2) is 0 Å². The molecule has 2 aliphatic rings. The summed E-state index contributed by atoms with van der Waals surface area (Å²) in [5.41, 5.74) is 6.03. The molecule has 0 radical (unpaired) electrons. The Labute approximate surface area is 90.4 Å². The van der Waals surface area contributed by atoms with Gasteiger partial charge in [0.2, 0.25) is 0 Å². The van der Waals surface area contributed by atoms with Crippen LogP contribution in [0.2, 0.25) is 0 Å². The number of carbonyl (C=O) groups is 1. The maximum absolute atomic E-state index is 11.0. The van der Waals surface area contributed by atoms with Gasteiger partial charge in [0.05, 0.1) is 0 Å². The molecule has 0 aromatic carbocycles. The first-order chi connectivity index (χ1) is 6.76. The highest BCUT2D eigenvalue weighted by Crippen LogP contribution is 2.57. The van der Waals surface area contributed by atoms with E-state index in [1.54, 1.807) is 4.90 Å². The number of nitrogens with zero attached hydrogens (tertiary/aromatic N) is 1. The summed E-state index contributed by atoms with van der Waals surface area (Å²) >= 11 is 0. The predicted octanol–water partition coefficient (Wildman–Crippen LogP) is 1.50. The van der Waals surface area contributed by atoms with Crippen molar-refractivity contribution in [3.05, 3.63) is 0 Å². The summed E-state index contributed by atoms with van der Waals surface area (Å²) in [4.78, 5) is 12.6. The second-order valence-corrected chi connectivity index (χ2v) is 6.21. The Balaban J connectivity index is 2.16. The number of hydrogen-bond acceptors (Lipinski definition) is 2. The minimum atomic E-state index is -0.791. The van der Waals surface area contributed by atoms with E-state index >= 15 is 0 Å². The lowest BCUT2D eigenvalue weighted by Gasteiger charge is -2.67. The number of likely N-dealkylation sites (tertiary alicyclic amines) is 1. The number of hydrogen-bond donors (Lipinski definition) is 2. The molecule has 1 aliphatic heterocycles. The molecule has 1 heterocycles. The van der Waals surface area contributed by atoms with Crippen molar-refractivity contribution < 1.29 is 9.90 Å². The van der Waals surface area contributed by atoms with Crippen LogP contribution in [0.5, 0.6) is 0 Å². The lowest BCUT2D eigenvalue weighted by atomic mass is 9.51. The Morgan fingerprint density at radius 1 is 1.47 bits per heavy atom. The summed E-state index contributed by atoms with van der Waals surface area (Å²) < 4.78 is 0. The highest BCUT2D eigenvalue weighted by Gasteiger charge is 2.63. The van der Waals surface area contributed by atoms with Gasteiger partial charge in [-0.3, -0.25) is 0 Å². The first-order valence-electron chi connectivity index (χ1n) is 5.51. The molecule has 2 rings (SSSR count). The molecule has 2 fully saturated rings. The Morgan fingerprint density at radius 3 is 2.33 bits per heavy atom. The molecule has 1 saturated heterocycles. The average Bonchev–Trinajstić information content (AvgIpc) is 1.89. The molecule has 0 aromatic heterocycles. The van der Waals surface area contributed by atoms with E-state index in [1.165, 1.54) is 0 Å². The summed E-state index contributed by atoms with van der Waals surface area (Å²) in [6.45, 7) is 7.01. The van der Waals surface area contributed by atoms with Crippen LogP contribution in [0.4, 0.5) is 4.79 Å². The quantitative estimate of drug-likeness (QED) is 0.639. The summed E-state index contributed by atoms with van der Waals surface area (Å²) in [6.07, 6.45) is 1.18. The van der Waals surface area contributed by atoms with Crippen LogP contribution in [-0.4, -0.2) is 34.7 Å². The molecule has 3 N–H and O–H groups in total. The van der Waals surface area contributed by atoms with Gasteiger partial charge in [-0.2, -0.15) is 0 Å². The van der Waals surface area contributed by atoms with Crippen molar-refractivity contribution in [2.45, 2.75) is 45.7 Å². The van der Waals surface area contributed by atoms with Crippen LogP contribution in [0.25, 0.3) is 0 Å². The van der Waals surface area contributed by atoms with Gasteiger partial charge in [0.1, 0.15) is 0 Å². The van der Waals surface area contributed by atoms with Crippen LogP contribution in [0, 0.1) is 10.8 Å². The second-order valence-electron chi connectivity index (χ2n) is 6.21. The van der Waals surface area contributed by atoms with Gasteiger partial charge in [0.15, 0.2) is 0 Å². The van der Waals surface area contributed by atoms with E-state index in [2.05, 4.69) is 20.8 Å². The van der Waals surface area contributed by atoms with Crippen LogP contribution in [-0.2, 0) is 0 Å². The highest BCUT2D eigenvalue weighted by atomic mass is 16.4. The van der Waals surface area contributed by atoms with Gasteiger partial charge in [-0.05, 0) is 18.3 Å². The number of rotatable bonds is 0. The molecule has 1 saturated carbocycles. The predicted molar refractivity (Wildman–Crippen MR) is 57.6 cm³/mol. The molecular formula is C11H20N2O2. The third kappa shape index (κ3) is 1.42. The molecule has 15 heavy (non-hydrogen) atoms. The van der Waals surface area contributed by atoms with Gasteiger partial charge in [0, 0.05) is 24.0 Å². The third-order valence-electron chi connectivity index (χ3n) is 3.78. The van der Waals surface area contributed by atoms with Crippen LogP contribution in [0.3, 0.4) is 0 Å². The van der Waals surface area contributed by atoms with E-state index in [0.717, 1.165) is 12.8 Å². The van der Waals surface area contributed by atoms with E-state index in [-0.39, 0.29) is 22.9 Å². The SMILES string of the molecule is CC(C)(C)C1N(C(=O)O)CC12CC(N)C2. The van der Waals surface area contributed by atoms with Gasteiger partial charge in [-0.15, -0.1) is 0 Å². The minimum absolute atomic E-state index is 0.0107. The third-order valence-corrected chi connectivity index (χ3v) is 3.78. The summed E-state index contributed by atoms with van der Waals surface area (Å²) in [5, 5.41) is 9.08.